The van der Waals surface area contributed by atoms with Crippen LogP contribution in [-0.2, 0) is 16.0 Å². The van der Waals surface area contributed by atoms with Crippen molar-refractivity contribution in [3.8, 4) is 11.6 Å². The SMILES string of the molecule is O=c1n(CCC2OCCO2)nc(-c2ccco2)n1C1CC1. The first-order valence-corrected chi connectivity index (χ1v) is 7.29. The molecule has 0 bridgehead atoms. The Hall–Kier alpha value is -1.86. The molecule has 2 aromatic rings. The van der Waals surface area contributed by atoms with Gasteiger partial charge in [0.2, 0.25) is 5.82 Å². The molecular weight excluding hydrogens is 274 g/mol. The first-order chi connectivity index (χ1) is 10.3. The van der Waals surface area contributed by atoms with Crippen molar-refractivity contribution >= 4 is 0 Å². The fourth-order valence-corrected chi connectivity index (χ4v) is 2.60. The lowest BCUT2D eigenvalue weighted by Gasteiger charge is -2.07. The number of nitrogens with zero attached hydrogens (tertiary/aromatic N) is 3. The van der Waals surface area contributed by atoms with Gasteiger partial charge in [-0.3, -0.25) is 4.57 Å². The van der Waals surface area contributed by atoms with Crippen LogP contribution < -0.4 is 5.69 Å². The third-order valence-corrected chi connectivity index (χ3v) is 3.79. The molecule has 0 unspecified atom stereocenters. The maximum Gasteiger partial charge on any atom is 0.346 e. The standard InChI is InChI=1S/C14H17N3O4/c18-14-16(6-5-12-20-8-9-21-12)15-13(11-2-1-7-19-11)17(14)10-3-4-10/h1-2,7,10,12H,3-6,8-9H2. The zero-order chi connectivity index (χ0) is 14.2. The summed E-state index contributed by atoms with van der Waals surface area (Å²) >= 11 is 0. The van der Waals surface area contributed by atoms with E-state index >= 15 is 0 Å². The van der Waals surface area contributed by atoms with E-state index in [1.807, 2.05) is 6.07 Å². The number of aryl methyl sites for hydroxylation is 1. The number of furan rings is 1. The van der Waals surface area contributed by atoms with Crippen LogP contribution in [0.25, 0.3) is 11.6 Å². The Labute approximate surface area is 121 Å². The van der Waals surface area contributed by atoms with Gasteiger partial charge in [-0.15, -0.1) is 5.10 Å². The maximum atomic E-state index is 12.5. The van der Waals surface area contributed by atoms with Crippen molar-refractivity contribution in [3.05, 3.63) is 28.9 Å². The molecule has 7 nitrogen and oxygen atoms in total. The summed E-state index contributed by atoms with van der Waals surface area (Å²) in [7, 11) is 0. The fraction of sp³-hybridized carbons (Fsp3) is 0.571. The third kappa shape index (κ3) is 2.43. The van der Waals surface area contributed by atoms with Crippen LogP contribution in [0.2, 0.25) is 0 Å². The number of rotatable bonds is 5. The minimum Gasteiger partial charge on any atom is -0.461 e. The molecule has 0 aromatic carbocycles. The van der Waals surface area contributed by atoms with E-state index in [0.717, 1.165) is 12.8 Å². The zero-order valence-corrected chi connectivity index (χ0v) is 11.6. The molecule has 3 heterocycles. The van der Waals surface area contributed by atoms with Gasteiger partial charge in [0.25, 0.3) is 0 Å². The van der Waals surface area contributed by atoms with Gasteiger partial charge in [-0.2, -0.15) is 0 Å². The average molecular weight is 291 g/mol. The summed E-state index contributed by atoms with van der Waals surface area (Å²) in [6, 6.07) is 3.88. The Kier molecular flexibility index (Phi) is 3.16. The Morgan fingerprint density at radius 1 is 1.29 bits per heavy atom. The van der Waals surface area contributed by atoms with Gasteiger partial charge in [-0.25, -0.2) is 9.48 Å². The normalized spacial score (nSPS) is 19.4. The number of hydrogen-bond donors (Lipinski definition) is 0. The van der Waals surface area contributed by atoms with Gasteiger partial charge in [0, 0.05) is 12.5 Å². The first kappa shape index (κ1) is 12.8. The van der Waals surface area contributed by atoms with Crippen LogP contribution in [-0.4, -0.2) is 33.9 Å². The fourth-order valence-electron chi connectivity index (χ4n) is 2.60. The summed E-state index contributed by atoms with van der Waals surface area (Å²) in [5.74, 6) is 1.24. The Bertz CT molecular complexity index is 663. The summed E-state index contributed by atoms with van der Waals surface area (Å²) < 4.78 is 19.4. The predicted octanol–water partition coefficient (Wildman–Crippen LogP) is 1.40. The molecule has 2 aromatic heterocycles. The highest BCUT2D eigenvalue weighted by atomic mass is 16.7. The van der Waals surface area contributed by atoms with Crippen LogP contribution in [0.1, 0.15) is 25.3 Å². The van der Waals surface area contributed by atoms with E-state index in [0.29, 0.717) is 37.8 Å². The Balaban J connectivity index is 1.62. The lowest BCUT2D eigenvalue weighted by atomic mass is 10.4. The van der Waals surface area contributed by atoms with Crippen molar-refractivity contribution in [2.45, 2.75) is 38.1 Å². The summed E-state index contributed by atoms with van der Waals surface area (Å²) in [6.45, 7) is 1.72. The molecule has 4 rings (SSSR count). The Morgan fingerprint density at radius 2 is 2.10 bits per heavy atom. The minimum absolute atomic E-state index is 0.0816. The van der Waals surface area contributed by atoms with Gasteiger partial charge in [0.1, 0.15) is 0 Å². The number of aromatic nitrogens is 3. The quantitative estimate of drug-likeness (QED) is 0.832. The summed E-state index contributed by atoms with van der Waals surface area (Å²) in [4.78, 5) is 12.5. The molecule has 0 amide bonds. The summed E-state index contributed by atoms with van der Waals surface area (Å²) in [6.07, 6.45) is 4.03. The lowest BCUT2D eigenvalue weighted by Crippen LogP contribution is -2.26. The third-order valence-electron chi connectivity index (χ3n) is 3.79. The van der Waals surface area contributed by atoms with Gasteiger partial charge in [-0.05, 0) is 25.0 Å². The molecule has 112 valence electrons. The highest BCUT2D eigenvalue weighted by Gasteiger charge is 2.31. The van der Waals surface area contributed by atoms with Crippen molar-refractivity contribution in [2.75, 3.05) is 13.2 Å². The molecule has 0 spiro atoms. The van der Waals surface area contributed by atoms with Crippen molar-refractivity contribution in [1.82, 2.24) is 14.3 Å². The van der Waals surface area contributed by atoms with Crippen LogP contribution in [0, 0.1) is 0 Å². The molecule has 0 N–H and O–H groups in total. The molecule has 1 aliphatic heterocycles. The highest BCUT2D eigenvalue weighted by molar-refractivity contribution is 5.46. The van der Waals surface area contributed by atoms with Crippen molar-refractivity contribution in [3.63, 3.8) is 0 Å². The highest BCUT2D eigenvalue weighted by Crippen LogP contribution is 2.36. The van der Waals surface area contributed by atoms with Crippen molar-refractivity contribution in [1.29, 1.82) is 0 Å². The molecule has 1 aliphatic carbocycles. The van der Waals surface area contributed by atoms with Crippen LogP contribution >= 0.6 is 0 Å². The van der Waals surface area contributed by atoms with E-state index in [1.165, 1.54) is 4.68 Å². The molecule has 1 saturated heterocycles. The second-order valence-electron chi connectivity index (χ2n) is 5.37. The van der Waals surface area contributed by atoms with E-state index in [1.54, 1.807) is 16.9 Å². The molecule has 1 saturated carbocycles. The topological polar surface area (TPSA) is 71.4 Å². The molecule has 2 fully saturated rings. The summed E-state index contributed by atoms with van der Waals surface area (Å²) in [5.41, 5.74) is -0.0816. The van der Waals surface area contributed by atoms with Crippen LogP contribution in [0.5, 0.6) is 0 Å². The van der Waals surface area contributed by atoms with E-state index in [-0.39, 0.29) is 18.0 Å². The van der Waals surface area contributed by atoms with Crippen molar-refractivity contribution < 1.29 is 13.9 Å². The van der Waals surface area contributed by atoms with Gasteiger partial charge in [-0.1, -0.05) is 0 Å². The smallest absolute Gasteiger partial charge is 0.346 e. The molecule has 21 heavy (non-hydrogen) atoms. The molecule has 0 atom stereocenters. The predicted molar refractivity (Wildman–Crippen MR) is 72.8 cm³/mol. The average Bonchev–Trinajstić information content (AvgIpc) is 2.95. The van der Waals surface area contributed by atoms with Gasteiger partial charge in [0.05, 0.1) is 26.0 Å². The van der Waals surface area contributed by atoms with Crippen LogP contribution in [0.3, 0.4) is 0 Å². The van der Waals surface area contributed by atoms with Crippen LogP contribution in [0.4, 0.5) is 0 Å². The molecule has 2 aliphatic rings. The van der Waals surface area contributed by atoms with Crippen LogP contribution in [0.15, 0.2) is 27.6 Å². The van der Waals surface area contributed by atoms with Gasteiger partial charge >= 0.3 is 5.69 Å². The largest absolute Gasteiger partial charge is 0.461 e. The zero-order valence-electron chi connectivity index (χ0n) is 11.6. The summed E-state index contributed by atoms with van der Waals surface area (Å²) in [5, 5.41) is 4.44. The van der Waals surface area contributed by atoms with Crippen molar-refractivity contribution in [2.24, 2.45) is 0 Å². The number of hydrogen-bond acceptors (Lipinski definition) is 5. The second kappa shape index (κ2) is 5.16. The molecule has 0 radical (unpaired) electrons. The number of ether oxygens (including phenoxy) is 2. The van der Waals surface area contributed by atoms with E-state index < -0.39 is 0 Å². The monoisotopic (exact) mass is 291 g/mol. The van der Waals surface area contributed by atoms with E-state index in [4.69, 9.17) is 13.9 Å². The maximum absolute atomic E-state index is 12.5. The Morgan fingerprint density at radius 3 is 2.76 bits per heavy atom. The van der Waals surface area contributed by atoms with E-state index in [2.05, 4.69) is 5.10 Å². The van der Waals surface area contributed by atoms with Gasteiger partial charge < -0.3 is 13.9 Å². The van der Waals surface area contributed by atoms with E-state index in [9.17, 15) is 4.79 Å². The molecule has 7 heteroatoms. The minimum atomic E-state index is -0.227. The second-order valence-corrected chi connectivity index (χ2v) is 5.37. The first-order valence-electron chi connectivity index (χ1n) is 7.29. The lowest BCUT2D eigenvalue weighted by molar-refractivity contribution is -0.0497. The molecular formula is C14H17N3O4. The van der Waals surface area contributed by atoms with Gasteiger partial charge in [0.15, 0.2) is 12.1 Å².